The topological polar surface area (TPSA) is 28.2 Å². The van der Waals surface area contributed by atoms with Crippen LogP contribution in [-0.4, -0.2) is 24.6 Å². The molecule has 1 aromatic heterocycles. The molecule has 2 fully saturated rings. The quantitative estimate of drug-likeness (QED) is 0.882. The summed E-state index contributed by atoms with van der Waals surface area (Å²) in [5.41, 5.74) is 1.17. The maximum Gasteiger partial charge on any atom is 0.128 e. The van der Waals surface area contributed by atoms with Gasteiger partial charge in [-0.3, -0.25) is 0 Å². The predicted molar refractivity (Wildman–Crippen MR) is 76.1 cm³/mol. The molecule has 1 aliphatic heterocycles. The van der Waals surface area contributed by atoms with Gasteiger partial charge < -0.3 is 10.2 Å². The average Bonchev–Trinajstić information content (AvgIpc) is 2.39. The van der Waals surface area contributed by atoms with Crippen LogP contribution >= 0.6 is 0 Å². The minimum absolute atomic E-state index is 0.895. The van der Waals surface area contributed by atoms with Crippen molar-refractivity contribution in [1.29, 1.82) is 0 Å². The Morgan fingerprint density at radius 2 is 1.94 bits per heavy atom. The van der Waals surface area contributed by atoms with Crippen LogP contribution < -0.4 is 10.2 Å². The van der Waals surface area contributed by atoms with Gasteiger partial charge in [-0.2, -0.15) is 0 Å². The Balaban J connectivity index is 1.54. The highest BCUT2D eigenvalue weighted by atomic mass is 15.2. The van der Waals surface area contributed by atoms with Gasteiger partial charge in [0.2, 0.25) is 0 Å². The van der Waals surface area contributed by atoms with Crippen LogP contribution in [0.3, 0.4) is 0 Å². The minimum atomic E-state index is 0.895. The number of aromatic nitrogens is 1. The van der Waals surface area contributed by atoms with Crippen LogP contribution in [-0.2, 0) is 0 Å². The molecule has 0 amide bonds. The molecule has 0 aromatic carbocycles. The van der Waals surface area contributed by atoms with Crippen LogP contribution in [0, 0.1) is 5.92 Å². The van der Waals surface area contributed by atoms with Crippen molar-refractivity contribution >= 4 is 11.5 Å². The van der Waals surface area contributed by atoms with Gasteiger partial charge in [0, 0.05) is 19.6 Å². The van der Waals surface area contributed by atoms with Crippen LogP contribution in [0.15, 0.2) is 18.3 Å². The van der Waals surface area contributed by atoms with Crippen molar-refractivity contribution in [3.63, 3.8) is 0 Å². The van der Waals surface area contributed by atoms with E-state index in [9.17, 15) is 0 Å². The van der Waals surface area contributed by atoms with Crippen LogP contribution in [0.4, 0.5) is 11.5 Å². The van der Waals surface area contributed by atoms with Crippen LogP contribution in [0.25, 0.3) is 0 Å². The van der Waals surface area contributed by atoms with Crippen LogP contribution in [0.5, 0.6) is 0 Å². The zero-order valence-electron chi connectivity index (χ0n) is 11.1. The second kappa shape index (κ2) is 5.59. The van der Waals surface area contributed by atoms with E-state index < -0.39 is 0 Å². The third kappa shape index (κ3) is 2.77. The Kier molecular flexibility index (Phi) is 3.67. The fraction of sp³-hybridized carbons (Fsp3) is 0.667. The summed E-state index contributed by atoms with van der Waals surface area (Å²) < 4.78 is 0. The first-order chi connectivity index (χ1) is 8.92. The lowest BCUT2D eigenvalue weighted by atomic mass is 9.85. The Labute approximate surface area is 110 Å². The molecule has 0 bridgehead atoms. The van der Waals surface area contributed by atoms with E-state index in [2.05, 4.69) is 27.3 Å². The minimum Gasteiger partial charge on any atom is -0.384 e. The Bertz CT molecular complexity index is 364. The number of anilines is 2. The summed E-state index contributed by atoms with van der Waals surface area (Å²) in [6, 6.07) is 4.34. The van der Waals surface area contributed by atoms with Crippen LogP contribution in [0.1, 0.15) is 38.5 Å². The van der Waals surface area contributed by atoms with Crippen molar-refractivity contribution in [3.05, 3.63) is 18.3 Å². The van der Waals surface area contributed by atoms with Gasteiger partial charge >= 0.3 is 0 Å². The maximum absolute atomic E-state index is 4.59. The van der Waals surface area contributed by atoms with Crippen molar-refractivity contribution in [3.8, 4) is 0 Å². The van der Waals surface area contributed by atoms with Gasteiger partial charge in [0.15, 0.2) is 0 Å². The Morgan fingerprint density at radius 1 is 1.11 bits per heavy atom. The smallest absolute Gasteiger partial charge is 0.128 e. The zero-order valence-corrected chi connectivity index (χ0v) is 11.1. The first-order valence-corrected chi connectivity index (χ1v) is 7.37. The van der Waals surface area contributed by atoms with E-state index in [-0.39, 0.29) is 0 Å². The van der Waals surface area contributed by atoms with E-state index in [1.165, 1.54) is 57.3 Å². The summed E-state index contributed by atoms with van der Waals surface area (Å²) in [5, 5.41) is 3.50. The fourth-order valence-electron chi connectivity index (χ4n) is 2.76. The second-order valence-electron chi connectivity index (χ2n) is 5.63. The number of nitrogens with zero attached hydrogens (tertiary/aromatic N) is 2. The van der Waals surface area contributed by atoms with Crippen molar-refractivity contribution in [1.82, 2.24) is 4.98 Å². The first-order valence-electron chi connectivity index (χ1n) is 7.37. The van der Waals surface area contributed by atoms with Crippen molar-refractivity contribution < 1.29 is 0 Å². The molecular formula is C15H23N3. The van der Waals surface area contributed by atoms with Gasteiger partial charge in [-0.15, -0.1) is 0 Å². The largest absolute Gasteiger partial charge is 0.384 e. The highest BCUT2D eigenvalue weighted by molar-refractivity contribution is 5.48. The van der Waals surface area contributed by atoms with Crippen LogP contribution in [0.2, 0.25) is 0 Å². The molecule has 0 unspecified atom stereocenters. The van der Waals surface area contributed by atoms with E-state index in [0.29, 0.717) is 0 Å². The number of nitrogens with one attached hydrogen (secondary N) is 1. The molecule has 0 radical (unpaired) electrons. The van der Waals surface area contributed by atoms with Crippen molar-refractivity contribution in [2.75, 3.05) is 29.9 Å². The predicted octanol–water partition coefficient (Wildman–Crippen LogP) is 3.28. The normalized spacial score (nSPS) is 20.6. The van der Waals surface area contributed by atoms with Gasteiger partial charge in [0.1, 0.15) is 5.82 Å². The molecule has 1 N–H and O–H groups in total. The number of hydrogen-bond acceptors (Lipinski definition) is 3. The number of hydrogen-bond donors (Lipinski definition) is 1. The fourth-order valence-corrected chi connectivity index (χ4v) is 2.76. The molecule has 1 saturated heterocycles. The van der Waals surface area contributed by atoms with E-state index in [0.717, 1.165) is 18.3 Å². The summed E-state index contributed by atoms with van der Waals surface area (Å²) in [6.45, 7) is 3.45. The highest BCUT2D eigenvalue weighted by Crippen LogP contribution is 2.26. The molecule has 0 spiro atoms. The molecule has 1 aromatic rings. The molecule has 3 rings (SSSR count). The van der Waals surface area contributed by atoms with E-state index in [1.807, 2.05) is 6.20 Å². The number of pyridine rings is 1. The lowest BCUT2D eigenvalue weighted by molar-refractivity contribution is 0.333. The maximum atomic E-state index is 4.59. The highest BCUT2D eigenvalue weighted by Gasteiger charge is 2.17. The molecule has 1 saturated carbocycles. The molecule has 3 nitrogen and oxygen atoms in total. The molecule has 98 valence electrons. The van der Waals surface area contributed by atoms with Gasteiger partial charge in [0.05, 0.1) is 11.9 Å². The molecule has 0 atom stereocenters. The van der Waals surface area contributed by atoms with Gasteiger partial charge in [-0.25, -0.2) is 4.98 Å². The Hall–Kier alpha value is -1.25. The molecule has 1 aliphatic carbocycles. The van der Waals surface area contributed by atoms with E-state index in [1.54, 1.807) is 0 Å². The second-order valence-corrected chi connectivity index (χ2v) is 5.63. The summed E-state index contributed by atoms with van der Waals surface area (Å²) in [5.74, 6) is 2.04. The average molecular weight is 245 g/mol. The zero-order chi connectivity index (χ0) is 12.2. The van der Waals surface area contributed by atoms with Crippen molar-refractivity contribution in [2.45, 2.75) is 38.5 Å². The molecule has 2 aliphatic rings. The molecule has 2 heterocycles. The lowest BCUT2D eigenvalue weighted by Crippen LogP contribution is -2.30. The summed E-state index contributed by atoms with van der Waals surface area (Å²) in [4.78, 5) is 6.99. The van der Waals surface area contributed by atoms with Gasteiger partial charge in [0.25, 0.3) is 0 Å². The lowest BCUT2D eigenvalue weighted by Gasteiger charge is -2.28. The number of piperidine rings is 1. The molecule has 18 heavy (non-hydrogen) atoms. The SMILES string of the molecule is c1cc(N2CCCCC2)ncc1NCC1CCC1. The van der Waals surface area contributed by atoms with E-state index in [4.69, 9.17) is 0 Å². The first kappa shape index (κ1) is 11.8. The van der Waals surface area contributed by atoms with Gasteiger partial charge in [-0.05, 0) is 50.2 Å². The number of rotatable bonds is 4. The standard InChI is InChI=1S/C15H23N3/c1-2-9-18(10-3-1)15-8-7-14(12-17-15)16-11-13-5-4-6-13/h7-8,12-13,16H,1-6,9-11H2. The summed E-state index contributed by atoms with van der Waals surface area (Å²) in [7, 11) is 0. The van der Waals surface area contributed by atoms with Gasteiger partial charge in [-0.1, -0.05) is 6.42 Å². The monoisotopic (exact) mass is 245 g/mol. The third-order valence-electron chi connectivity index (χ3n) is 4.25. The molecular weight excluding hydrogens is 222 g/mol. The van der Waals surface area contributed by atoms with Crippen molar-refractivity contribution in [2.24, 2.45) is 5.92 Å². The Morgan fingerprint density at radius 3 is 2.56 bits per heavy atom. The summed E-state index contributed by atoms with van der Waals surface area (Å²) in [6.07, 6.45) is 10.2. The third-order valence-corrected chi connectivity index (χ3v) is 4.25. The van der Waals surface area contributed by atoms with E-state index >= 15 is 0 Å². The summed E-state index contributed by atoms with van der Waals surface area (Å²) >= 11 is 0. The molecule has 3 heteroatoms.